The Balaban J connectivity index is 2.68. The molecule has 4 heteroatoms. The molecule has 0 heterocycles. The zero-order valence-electron chi connectivity index (χ0n) is 9.03. The van der Waals surface area contributed by atoms with Crippen molar-refractivity contribution in [2.24, 2.45) is 0 Å². The zero-order valence-corrected chi connectivity index (χ0v) is 9.03. The van der Waals surface area contributed by atoms with Gasteiger partial charge in [0.15, 0.2) is 0 Å². The van der Waals surface area contributed by atoms with Crippen molar-refractivity contribution in [1.29, 1.82) is 0 Å². The second-order valence-electron chi connectivity index (χ2n) is 4.15. The van der Waals surface area contributed by atoms with Gasteiger partial charge in [-0.25, -0.2) is 9.90 Å². The molecule has 0 saturated carbocycles. The van der Waals surface area contributed by atoms with Crippen molar-refractivity contribution in [3.05, 3.63) is 24.3 Å². The Hall–Kier alpha value is -1.71. The maximum absolute atomic E-state index is 10.2. The summed E-state index contributed by atoms with van der Waals surface area (Å²) in [6.07, 6.45) is -1.32. The van der Waals surface area contributed by atoms with E-state index in [-0.39, 0.29) is 5.60 Å². The average Bonchev–Trinajstić information content (AvgIpc) is 2.05. The number of carbonyl (C=O) groups excluding carboxylic acids is 1. The quantitative estimate of drug-likeness (QED) is 0.812. The second-order valence-corrected chi connectivity index (χ2v) is 4.15. The summed E-state index contributed by atoms with van der Waals surface area (Å²) < 4.78 is 5.57. The molecular weight excluding hydrogens is 194 g/mol. The van der Waals surface area contributed by atoms with Gasteiger partial charge in [0.2, 0.25) is 0 Å². The summed E-state index contributed by atoms with van der Waals surface area (Å²) in [5.74, 6) is 0.700. The van der Waals surface area contributed by atoms with Crippen LogP contribution in [0.5, 0.6) is 5.75 Å². The molecule has 1 aromatic rings. The molecule has 0 saturated heterocycles. The lowest BCUT2D eigenvalue weighted by Gasteiger charge is -2.21. The number of amides is 1. The predicted octanol–water partition coefficient (Wildman–Crippen LogP) is 2.83. The number of carbonyl (C=O) groups is 1. The van der Waals surface area contributed by atoms with E-state index in [2.05, 4.69) is 5.32 Å². The third-order valence-corrected chi connectivity index (χ3v) is 1.52. The molecular formula is C11H14NO3. The molecule has 1 aromatic carbocycles. The highest BCUT2D eigenvalue weighted by Gasteiger charge is 2.11. The first-order valence-electron chi connectivity index (χ1n) is 4.64. The molecule has 0 atom stereocenters. The van der Waals surface area contributed by atoms with E-state index < -0.39 is 6.09 Å². The number of hydrogen-bond acceptors (Lipinski definition) is 2. The average molecular weight is 208 g/mol. The lowest BCUT2D eigenvalue weighted by molar-refractivity contribution is 0.131. The molecule has 1 amide bonds. The van der Waals surface area contributed by atoms with E-state index in [1.807, 2.05) is 20.8 Å². The van der Waals surface area contributed by atoms with Crippen molar-refractivity contribution in [3.63, 3.8) is 0 Å². The third-order valence-electron chi connectivity index (χ3n) is 1.52. The molecule has 0 bridgehead atoms. The molecule has 0 fully saturated rings. The van der Waals surface area contributed by atoms with Gasteiger partial charge < -0.3 is 4.74 Å². The Morgan fingerprint density at radius 2 is 1.73 bits per heavy atom. The highest BCUT2D eigenvalue weighted by Crippen LogP contribution is 2.20. The Morgan fingerprint density at radius 1 is 1.20 bits per heavy atom. The Bertz CT molecular complexity index is 338. The number of rotatable bonds is 2. The summed E-state index contributed by atoms with van der Waals surface area (Å²) in [6, 6.07) is 6.65. The fourth-order valence-corrected chi connectivity index (χ4v) is 1.08. The molecule has 1 N–H and O–H groups in total. The monoisotopic (exact) mass is 208 g/mol. The third kappa shape index (κ3) is 4.35. The van der Waals surface area contributed by atoms with Gasteiger partial charge in [-0.1, -0.05) is 0 Å². The molecule has 0 spiro atoms. The van der Waals surface area contributed by atoms with Crippen LogP contribution in [0.3, 0.4) is 0 Å². The van der Waals surface area contributed by atoms with E-state index in [1.165, 1.54) is 0 Å². The SMILES string of the molecule is CC(C)(C)Oc1ccc(NC([O])=O)cc1. The molecule has 0 aliphatic carbocycles. The van der Waals surface area contributed by atoms with E-state index in [1.54, 1.807) is 24.3 Å². The van der Waals surface area contributed by atoms with Crippen LogP contribution >= 0.6 is 0 Å². The summed E-state index contributed by atoms with van der Waals surface area (Å²) in [5, 5.41) is 12.4. The van der Waals surface area contributed by atoms with Crippen molar-refractivity contribution in [2.45, 2.75) is 26.4 Å². The minimum absolute atomic E-state index is 0.261. The van der Waals surface area contributed by atoms with Crippen LogP contribution in [0.2, 0.25) is 0 Å². The number of benzene rings is 1. The lowest BCUT2D eigenvalue weighted by Crippen LogP contribution is -2.22. The highest BCUT2D eigenvalue weighted by atomic mass is 16.5. The van der Waals surface area contributed by atoms with Crippen molar-refractivity contribution in [2.75, 3.05) is 5.32 Å². The van der Waals surface area contributed by atoms with E-state index in [4.69, 9.17) is 4.74 Å². The Morgan fingerprint density at radius 3 is 2.13 bits per heavy atom. The van der Waals surface area contributed by atoms with Gasteiger partial charge in [0, 0.05) is 5.69 Å². The predicted molar refractivity (Wildman–Crippen MR) is 56.5 cm³/mol. The maximum Gasteiger partial charge on any atom is 0.454 e. The van der Waals surface area contributed by atoms with Gasteiger partial charge in [-0.15, -0.1) is 0 Å². The van der Waals surface area contributed by atoms with Crippen LogP contribution in [0, 0.1) is 0 Å². The van der Waals surface area contributed by atoms with Crippen LogP contribution < -0.4 is 10.1 Å². The minimum atomic E-state index is -1.32. The van der Waals surface area contributed by atoms with E-state index >= 15 is 0 Å². The number of ether oxygens (including phenoxy) is 1. The highest BCUT2D eigenvalue weighted by molar-refractivity contribution is 5.82. The first-order valence-corrected chi connectivity index (χ1v) is 4.64. The molecule has 1 radical (unpaired) electrons. The smallest absolute Gasteiger partial charge is 0.454 e. The van der Waals surface area contributed by atoms with Gasteiger partial charge in [-0.3, -0.25) is 5.32 Å². The van der Waals surface area contributed by atoms with Gasteiger partial charge in [0.1, 0.15) is 11.4 Å². The molecule has 0 aliphatic heterocycles. The van der Waals surface area contributed by atoms with Crippen molar-refractivity contribution in [3.8, 4) is 5.75 Å². The maximum atomic E-state index is 10.2. The van der Waals surface area contributed by atoms with Crippen LogP contribution in [0.15, 0.2) is 24.3 Å². The lowest BCUT2D eigenvalue weighted by atomic mass is 10.2. The number of nitrogens with one attached hydrogen (secondary N) is 1. The number of hydrogen-bond donors (Lipinski definition) is 1. The normalized spacial score (nSPS) is 10.9. The summed E-state index contributed by atoms with van der Waals surface area (Å²) in [6.45, 7) is 5.83. The second kappa shape index (κ2) is 4.21. The van der Waals surface area contributed by atoms with Crippen molar-refractivity contribution >= 4 is 11.8 Å². The molecule has 0 aliphatic rings. The van der Waals surface area contributed by atoms with Gasteiger partial charge in [-0.2, -0.15) is 0 Å². The zero-order chi connectivity index (χ0) is 11.5. The molecule has 1 rings (SSSR count). The van der Waals surface area contributed by atoms with Crippen LogP contribution in [0.4, 0.5) is 10.5 Å². The van der Waals surface area contributed by atoms with Crippen molar-refractivity contribution < 1.29 is 14.6 Å². The van der Waals surface area contributed by atoms with Gasteiger partial charge in [0.25, 0.3) is 0 Å². The standard InChI is InChI=1S/C11H14NO3/c1-11(2,3)15-9-6-4-8(5-7-9)12-10(13)14/h4-7,12H,1-3H3. The largest absolute Gasteiger partial charge is 0.488 e. The van der Waals surface area contributed by atoms with Crippen LogP contribution in [0.1, 0.15) is 20.8 Å². The summed E-state index contributed by atoms with van der Waals surface area (Å²) in [4.78, 5) is 10.2. The van der Waals surface area contributed by atoms with Gasteiger partial charge in [0.05, 0.1) is 0 Å². The summed E-state index contributed by atoms with van der Waals surface area (Å²) in [7, 11) is 0. The molecule has 81 valence electrons. The summed E-state index contributed by atoms with van der Waals surface area (Å²) in [5.41, 5.74) is 0.208. The van der Waals surface area contributed by atoms with E-state index in [0.717, 1.165) is 0 Å². The van der Waals surface area contributed by atoms with Gasteiger partial charge in [-0.05, 0) is 45.0 Å². The topological polar surface area (TPSA) is 58.2 Å². The fourth-order valence-electron chi connectivity index (χ4n) is 1.08. The van der Waals surface area contributed by atoms with Gasteiger partial charge >= 0.3 is 6.09 Å². The molecule has 0 unspecified atom stereocenters. The number of anilines is 1. The van der Waals surface area contributed by atoms with E-state index in [0.29, 0.717) is 11.4 Å². The van der Waals surface area contributed by atoms with Crippen LogP contribution in [-0.2, 0) is 5.11 Å². The molecule has 15 heavy (non-hydrogen) atoms. The molecule has 0 aromatic heterocycles. The Labute approximate surface area is 88.9 Å². The van der Waals surface area contributed by atoms with E-state index in [9.17, 15) is 9.90 Å². The van der Waals surface area contributed by atoms with Crippen LogP contribution in [0.25, 0.3) is 0 Å². The fraction of sp³-hybridized carbons (Fsp3) is 0.364. The van der Waals surface area contributed by atoms with Crippen molar-refractivity contribution in [1.82, 2.24) is 0 Å². The van der Waals surface area contributed by atoms with Crippen LogP contribution in [-0.4, -0.2) is 11.7 Å². The summed E-state index contributed by atoms with van der Waals surface area (Å²) >= 11 is 0. The minimum Gasteiger partial charge on any atom is -0.488 e. The first-order chi connectivity index (χ1) is 6.87. The molecule has 4 nitrogen and oxygen atoms in total. The Kier molecular flexibility index (Phi) is 3.19. The first kappa shape index (κ1) is 11.4.